The highest BCUT2D eigenvalue weighted by Crippen LogP contribution is 2.39. The molecule has 0 aromatic heterocycles. The Kier molecular flexibility index (Phi) is 9.04. The van der Waals surface area contributed by atoms with Crippen molar-refractivity contribution >= 4 is 79.7 Å². The molecule has 1 aliphatic heterocycles. The first-order valence-electron chi connectivity index (χ1n) is 11.2. The van der Waals surface area contributed by atoms with Crippen LogP contribution in [-0.2, 0) is 16.2 Å². The van der Waals surface area contributed by atoms with Gasteiger partial charge in [0.2, 0.25) is 5.91 Å². The SMILES string of the molecule is COc1cc(/C=C2/SC(=O)N(CC(=O)Nc3cc(Cl)ccc3C)C2=O)cc(Br)c1OCc1ccc(Cl)cc1. The standard InChI is InChI=1S/C27H21BrCl2N2O5S/c1-15-3-6-19(30)12-21(15)31-24(33)13-32-26(34)23(38-27(32)35)11-17-9-20(28)25(22(10-17)36-2)37-14-16-4-7-18(29)8-5-16/h3-12H,13-14H2,1-2H3,(H,31,33)/b23-11+. The van der Waals surface area contributed by atoms with Gasteiger partial charge in [-0.1, -0.05) is 41.4 Å². The Morgan fingerprint density at radius 3 is 2.50 bits per heavy atom. The van der Waals surface area contributed by atoms with Gasteiger partial charge < -0.3 is 14.8 Å². The minimum atomic E-state index is -0.559. The van der Waals surface area contributed by atoms with Crippen molar-refractivity contribution in [1.29, 1.82) is 0 Å². The van der Waals surface area contributed by atoms with Crippen LogP contribution in [0.4, 0.5) is 10.5 Å². The highest BCUT2D eigenvalue weighted by atomic mass is 79.9. The first-order valence-corrected chi connectivity index (χ1v) is 13.6. The van der Waals surface area contributed by atoms with E-state index in [0.29, 0.717) is 43.9 Å². The Balaban J connectivity index is 1.47. The molecule has 0 unspecified atom stereocenters. The number of carbonyl (C=O) groups excluding carboxylic acids is 3. The lowest BCUT2D eigenvalue weighted by atomic mass is 10.1. The predicted molar refractivity (Wildman–Crippen MR) is 154 cm³/mol. The fourth-order valence-electron chi connectivity index (χ4n) is 3.55. The summed E-state index contributed by atoms with van der Waals surface area (Å²) in [6, 6.07) is 15.8. The van der Waals surface area contributed by atoms with Crippen LogP contribution in [0.3, 0.4) is 0 Å². The van der Waals surface area contributed by atoms with Crippen molar-refractivity contribution in [3.63, 3.8) is 0 Å². The highest BCUT2D eigenvalue weighted by molar-refractivity contribution is 9.10. The quantitative estimate of drug-likeness (QED) is 0.261. The van der Waals surface area contributed by atoms with E-state index in [1.54, 1.807) is 48.5 Å². The van der Waals surface area contributed by atoms with E-state index in [9.17, 15) is 14.4 Å². The zero-order chi connectivity index (χ0) is 27.4. The third-order valence-electron chi connectivity index (χ3n) is 5.49. The van der Waals surface area contributed by atoms with Gasteiger partial charge in [0, 0.05) is 15.7 Å². The van der Waals surface area contributed by atoms with Crippen molar-refractivity contribution in [2.45, 2.75) is 13.5 Å². The summed E-state index contributed by atoms with van der Waals surface area (Å²) in [7, 11) is 1.51. The van der Waals surface area contributed by atoms with Crippen LogP contribution in [0.5, 0.6) is 11.5 Å². The topological polar surface area (TPSA) is 84.9 Å². The summed E-state index contributed by atoms with van der Waals surface area (Å²) in [5.41, 5.74) is 2.85. The van der Waals surface area contributed by atoms with E-state index in [2.05, 4.69) is 21.2 Å². The fourth-order valence-corrected chi connectivity index (χ4v) is 5.26. The number of halogens is 3. The Morgan fingerprint density at radius 2 is 1.79 bits per heavy atom. The number of carbonyl (C=O) groups is 3. The summed E-state index contributed by atoms with van der Waals surface area (Å²) in [5, 5.41) is 3.26. The van der Waals surface area contributed by atoms with Crippen LogP contribution in [0.25, 0.3) is 6.08 Å². The molecule has 0 atom stereocenters. The van der Waals surface area contributed by atoms with Gasteiger partial charge in [-0.25, -0.2) is 0 Å². The maximum atomic E-state index is 13.0. The maximum absolute atomic E-state index is 13.0. The largest absolute Gasteiger partial charge is 0.493 e. The lowest BCUT2D eigenvalue weighted by Gasteiger charge is -2.14. The van der Waals surface area contributed by atoms with E-state index < -0.39 is 23.6 Å². The first kappa shape index (κ1) is 28.0. The summed E-state index contributed by atoms with van der Waals surface area (Å²) in [6.45, 7) is 1.69. The minimum Gasteiger partial charge on any atom is -0.493 e. The van der Waals surface area contributed by atoms with Gasteiger partial charge in [0.1, 0.15) is 13.2 Å². The molecule has 1 saturated heterocycles. The summed E-state index contributed by atoms with van der Waals surface area (Å²) in [4.78, 5) is 39.2. The molecule has 3 amide bonds. The van der Waals surface area contributed by atoms with E-state index in [1.807, 2.05) is 19.1 Å². The molecule has 11 heteroatoms. The average molecular weight is 636 g/mol. The number of imide groups is 1. The van der Waals surface area contributed by atoms with Crippen molar-refractivity contribution in [3.8, 4) is 11.5 Å². The van der Waals surface area contributed by atoms with Crippen molar-refractivity contribution < 1.29 is 23.9 Å². The normalized spacial score (nSPS) is 14.2. The van der Waals surface area contributed by atoms with Crippen LogP contribution in [0, 0.1) is 6.92 Å². The van der Waals surface area contributed by atoms with Gasteiger partial charge >= 0.3 is 0 Å². The molecule has 38 heavy (non-hydrogen) atoms. The third-order valence-corrected chi connectivity index (χ3v) is 7.48. The second kappa shape index (κ2) is 12.3. The molecule has 7 nitrogen and oxygen atoms in total. The Bertz CT molecular complexity index is 1450. The van der Waals surface area contributed by atoms with Gasteiger partial charge in [-0.15, -0.1) is 0 Å². The number of aryl methyl sites for hydroxylation is 1. The zero-order valence-corrected chi connectivity index (χ0v) is 24.1. The monoisotopic (exact) mass is 634 g/mol. The average Bonchev–Trinajstić information content (AvgIpc) is 3.13. The number of hydrogen-bond donors (Lipinski definition) is 1. The lowest BCUT2D eigenvalue weighted by molar-refractivity contribution is -0.127. The molecule has 0 saturated carbocycles. The molecular formula is C27H21BrCl2N2O5S. The molecule has 0 aliphatic carbocycles. The van der Waals surface area contributed by atoms with E-state index in [0.717, 1.165) is 27.8 Å². The third kappa shape index (κ3) is 6.71. The minimum absolute atomic E-state index is 0.186. The summed E-state index contributed by atoms with van der Waals surface area (Å²) in [6.07, 6.45) is 1.57. The number of ether oxygens (including phenoxy) is 2. The van der Waals surface area contributed by atoms with Gasteiger partial charge in [-0.2, -0.15) is 0 Å². The summed E-state index contributed by atoms with van der Waals surface area (Å²) in [5.74, 6) is -0.141. The van der Waals surface area contributed by atoms with Gasteiger partial charge in [-0.3, -0.25) is 19.3 Å². The van der Waals surface area contributed by atoms with Gasteiger partial charge in [0.25, 0.3) is 11.1 Å². The van der Waals surface area contributed by atoms with Crippen molar-refractivity contribution in [3.05, 3.63) is 90.7 Å². The smallest absolute Gasteiger partial charge is 0.294 e. The Labute approximate surface area is 242 Å². The second-order valence-electron chi connectivity index (χ2n) is 8.22. The second-order valence-corrected chi connectivity index (χ2v) is 10.9. The maximum Gasteiger partial charge on any atom is 0.294 e. The van der Waals surface area contributed by atoms with Crippen molar-refractivity contribution in [1.82, 2.24) is 4.90 Å². The molecule has 0 bridgehead atoms. The van der Waals surface area contributed by atoms with E-state index >= 15 is 0 Å². The first-order chi connectivity index (χ1) is 18.1. The molecule has 0 spiro atoms. The van der Waals surface area contributed by atoms with Crippen LogP contribution in [0.1, 0.15) is 16.7 Å². The number of nitrogens with zero attached hydrogens (tertiary/aromatic N) is 1. The van der Waals surface area contributed by atoms with Crippen LogP contribution in [-0.4, -0.2) is 35.6 Å². The number of methoxy groups -OCH3 is 1. The van der Waals surface area contributed by atoms with E-state index in [1.165, 1.54) is 7.11 Å². The van der Waals surface area contributed by atoms with E-state index in [4.69, 9.17) is 32.7 Å². The van der Waals surface area contributed by atoms with Gasteiger partial charge in [0.15, 0.2) is 11.5 Å². The zero-order valence-electron chi connectivity index (χ0n) is 20.2. The molecule has 196 valence electrons. The number of rotatable bonds is 8. The van der Waals surface area contributed by atoms with Crippen LogP contribution in [0.2, 0.25) is 10.0 Å². The number of anilines is 1. The molecular weight excluding hydrogens is 615 g/mol. The molecule has 0 radical (unpaired) electrons. The number of amides is 3. The van der Waals surface area contributed by atoms with Crippen molar-refractivity contribution in [2.75, 3.05) is 19.0 Å². The lowest BCUT2D eigenvalue weighted by Crippen LogP contribution is -2.36. The number of nitrogens with one attached hydrogen (secondary N) is 1. The number of benzene rings is 3. The fraction of sp³-hybridized carbons (Fsp3) is 0.148. The Morgan fingerprint density at radius 1 is 1.08 bits per heavy atom. The van der Waals surface area contributed by atoms with Crippen LogP contribution >= 0.6 is 50.9 Å². The molecule has 1 aliphatic rings. The summed E-state index contributed by atoms with van der Waals surface area (Å²) < 4.78 is 12.1. The number of thioether (sulfide) groups is 1. The molecule has 3 aromatic rings. The molecule has 4 rings (SSSR count). The molecule has 1 heterocycles. The molecule has 1 N–H and O–H groups in total. The molecule has 3 aromatic carbocycles. The predicted octanol–water partition coefficient (Wildman–Crippen LogP) is 7.33. The number of hydrogen-bond acceptors (Lipinski definition) is 6. The molecule has 1 fully saturated rings. The van der Waals surface area contributed by atoms with Crippen molar-refractivity contribution in [2.24, 2.45) is 0 Å². The van der Waals surface area contributed by atoms with E-state index in [-0.39, 0.29) is 4.91 Å². The van der Waals surface area contributed by atoms with Crippen LogP contribution < -0.4 is 14.8 Å². The Hall–Kier alpha value is -2.98. The highest BCUT2D eigenvalue weighted by Gasteiger charge is 2.36. The van der Waals surface area contributed by atoms with Gasteiger partial charge in [0.05, 0.1) is 16.5 Å². The van der Waals surface area contributed by atoms with Gasteiger partial charge in [-0.05, 0) is 93.8 Å². The van der Waals surface area contributed by atoms with Crippen LogP contribution in [0.15, 0.2) is 64.0 Å². The summed E-state index contributed by atoms with van der Waals surface area (Å²) >= 11 is 16.2.